The number of aromatic amines is 1. The zero-order chi connectivity index (χ0) is 10.7. The highest BCUT2D eigenvalue weighted by molar-refractivity contribution is 5.92. The monoisotopic (exact) mass is 201 g/mol. The molecule has 0 aliphatic heterocycles. The van der Waals surface area contributed by atoms with Gasteiger partial charge in [0.15, 0.2) is 0 Å². The number of nitrogens with zero attached hydrogens (tertiary/aromatic N) is 1. The summed E-state index contributed by atoms with van der Waals surface area (Å²) in [5.74, 6) is 0.501. The Balaban J connectivity index is 2.14. The van der Waals surface area contributed by atoms with Crippen molar-refractivity contribution in [3.63, 3.8) is 0 Å². The van der Waals surface area contributed by atoms with Crippen LogP contribution in [0.5, 0.6) is 0 Å². The molecule has 4 nitrogen and oxygen atoms in total. The molecule has 0 unspecified atom stereocenters. The molecule has 0 bridgehead atoms. The van der Waals surface area contributed by atoms with Crippen molar-refractivity contribution >= 4 is 5.91 Å². The number of hydrogen-bond donors (Lipinski definition) is 2. The molecule has 2 aromatic rings. The molecule has 0 aliphatic carbocycles. The van der Waals surface area contributed by atoms with Gasteiger partial charge >= 0.3 is 0 Å². The Morgan fingerprint density at radius 2 is 2.07 bits per heavy atom. The number of H-pyrrole nitrogens is 1. The summed E-state index contributed by atoms with van der Waals surface area (Å²) in [5.41, 5.74) is 6.76. The van der Waals surface area contributed by atoms with E-state index in [0.717, 1.165) is 17.8 Å². The first-order chi connectivity index (χ1) is 7.25. The maximum atomic E-state index is 10.8. The van der Waals surface area contributed by atoms with Gasteiger partial charge < -0.3 is 10.7 Å². The minimum absolute atomic E-state index is 0.403. The zero-order valence-electron chi connectivity index (χ0n) is 8.10. The number of imidazole rings is 1. The lowest BCUT2D eigenvalue weighted by atomic mass is 10.1. The molecule has 1 aromatic heterocycles. The smallest absolute Gasteiger partial charge is 0.248 e. The van der Waals surface area contributed by atoms with E-state index in [2.05, 4.69) is 9.97 Å². The third-order valence-corrected chi connectivity index (χ3v) is 2.16. The van der Waals surface area contributed by atoms with Crippen molar-refractivity contribution in [1.82, 2.24) is 9.97 Å². The summed E-state index contributed by atoms with van der Waals surface area (Å²) in [4.78, 5) is 18.0. The van der Waals surface area contributed by atoms with Crippen LogP contribution in [-0.4, -0.2) is 15.9 Å². The third-order valence-electron chi connectivity index (χ3n) is 2.16. The fraction of sp³-hybridized carbons (Fsp3) is 0.0909. The summed E-state index contributed by atoms with van der Waals surface area (Å²) in [6, 6.07) is 7.20. The van der Waals surface area contributed by atoms with E-state index in [4.69, 9.17) is 5.73 Å². The molecule has 0 spiro atoms. The van der Waals surface area contributed by atoms with Gasteiger partial charge in [-0.15, -0.1) is 0 Å². The van der Waals surface area contributed by atoms with Gasteiger partial charge in [0.1, 0.15) is 5.82 Å². The molecular formula is C11H11N3O. The molecule has 2 rings (SSSR count). The SMILES string of the molecule is NC(=O)c1ccc(Cc2ncc[nH]2)cc1. The lowest BCUT2D eigenvalue weighted by Crippen LogP contribution is -2.10. The molecule has 0 fully saturated rings. The zero-order valence-corrected chi connectivity index (χ0v) is 8.10. The van der Waals surface area contributed by atoms with Crippen LogP contribution < -0.4 is 5.73 Å². The molecule has 1 aromatic carbocycles. The van der Waals surface area contributed by atoms with Crippen molar-refractivity contribution in [2.24, 2.45) is 5.73 Å². The van der Waals surface area contributed by atoms with E-state index in [1.165, 1.54) is 0 Å². The molecule has 3 N–H and O–H groups in total. The van der Waals surface area contributed by atoms with Crippen LogP contribution in [0.4, 0.5) is 0 Å². The minimum Gasteiger partial charge on any atom is -0.366 e. The third kappa shape index (κ3) is 2.22. The van der Waals surface area contributed by atoms with E-state index in [9.17, 15) is 4.79 Å². The molecule has 0 saturated heterocycles. The fourth-order valence-electron chi connectivity index (χ4n) is 1.37. The van der Waals surface area contributed by atoms with Crippen molar-refractivity contribution in [3.05, 3.63) is 53.6 Å². The second kappa shape index (κ2) is 3.96. The van der Waals surface area contributed by atoms with E-state index in [-0.39, 0.29) is 0 Å². The van der Waals surface area contributed by atoms with Gasteiger partial charge in [-0.1, -0.05) is 12.1 Å². The minimum atomic E-state index is -0.403. The van der Waals surface area contributed by atoms with E-state index in [0.29, 0.717) is 5.56 Å². The summed E-state index contributed by atoms with van der Waals surface area (Å²) in [7, 11) is 0. The van der Waals surface area contributed by atoms with Crippen LogP contribution in [0.15, 0.2) is 36.7 Å². The lowest BCUT2D eigenvalue weighted by molar-refractivity contribution is 0.100. The second-order valence-corrected chi connectivity index (χ2v) is 3.27. The molecular weight excluding hydrogens is 190 g/mol. The highest BCUT2D eigenvalue weighted by atomic mass is 16.1. The van der Waals surface area contributed by atoms with E-state index in [1.54, 1.807) is 24.5 Å². The Labute approximate surface area is 87.1 Å². The van der Waals surface area contributed by atoms with Crippen LogP contribution in [0.2, 0.25) is 0 Å². The number of nitrogens with two attached hydrogens (primary N) is 1. The van der Waals surface area contributed by atoms with Gasteiger partial charge in [-0.25, -0.2) is 4.98 Å². The van der Waals surface area contributed by atoms with Gasteiger partial charge in [0, 0.05) is 24.4 Å². The fourth-order valence-corrected chi connectivity index (χ4v) is 1.37. The van der Waals surface area contributed by atoms with Gasteiger partial charge in [-0.3, -0.25) is 4.79 Å². The summed E-state index contributed by atoms with van der Waals surface area (Å²) in [6.07, 6.45) is 4.23. The maximum Gasteiger partial charge on any atom is 0.248 e. The number of nitrogens with one attached hydrogen (secondary N) is 1. The van der Waals surface area contributed by atoms with E-state index < -0.39 is 5.91 Å². The number of benzene rings is 1. The topological polar surface area (TPSA) is 71.8 Å². The van der Waals surface area contributed by atoms with Gasteiger partial charge in [0.25, 0.3) is 0 Å². The van der Waals surface area contributed by atoms with E-state index >= 15 is 0 Å². The number of hydrogen-bond acceptors (Lipinski definition) is 2. The van der Waals surface area contributed by atoms with Crippen LogP contribution in [0.1, 0.15) is 21.7 Å². The summed E-state index contributed by atoms with van der Waals surface area (Å²) >= 11 is 0. The molecule has 4 heteroatoms. The molecule has 1 amide bonds. The first-order valence-electron chi connectivity index (χ1n) is 4.63. The maximum absolute atomic E-state index is 10.8. The number of primary amides is 1. The Morgan fingerprint density at radius 1 is 1.33 bits per heavy atom. The predicted molar refractivity (Wildman–Crippen MR) is 56.4 cm³/mol. The van der Waals surface area contributed by atoms with Crippen molar-refractivity contribution < 1.29 is 4.79 Å². The Hall–Kier alpha value is -2.10. The Kier molecular flexibility index (Phi) is 2.49. The van der Waals surface area contributed by atoms with Crippen molar-refractivity contribution in [1.29, 1.82) is 0 Å². The molecule has 15 heavy (non-hydrogen) atoms. The lowest BCUT2D eigenvalue weighted by Gasteiger charge is -1.99. The molecule has 76 valence electrons. The van der Waals surface area contributed by atoms with Crippen molar-refractivity contribution in [2.45, 2.75) is 6.42 Å². The molecule has 0 aliphatic rings. The molecule has 0 atom stereocenters. The van der Waals surface area contributed by atoms with Crippen LogP contribution in [-0.2, 0) is 6.42 Å². The van der Waals surface area contributed by atoms with Crippen LogP contribution >= 0.6 is 0 Å². The van der Waals surface area contributed by atoms with Gasteiger partial charge in [0.2, 0.25) is 5.91 Å². The number of rotatable bonds is 3. The van der Waals surface area contributed by atoms with Crippen LogP contribution in [0.25, 0.3) is 0 Å². The molecule has 0 radical (unpaired) electrons. The summed E-state index contributed by atoms with van der Waals surface area (Å²) in [6.45, 7) is 0. The number of amides is 1. The average molecular weight is 201 g/mol. The van der Waals surface area contributed by atoms with E-state index in [1.807, 2.05) is 12.1 Å². The number of carbonyl (C=O) groups is 1. The first kappa shape index (κ1) is 9.45. The van der Waals surface area contributed by atoms with Crippen molar-refractivity contribution in [2.75, 3.05) is 0 Å². The number of carbonyl (C=O) groups excluding carboxylic acids is 1. The van der Waals surface area contributed by atoms with Gasteiger partial charge in [0.05, 0.1) is 0 Å². The summed E-state index contributed by atoms with van der Waals surface area (Å²) in [5, 5.41) is 0. The molecule has 0 saturated carbocycles. The van der Waals surface area contributed by atoms with Crippen LogP contribution in [0, 0.1) is 0 Å². The predicted octanol–water partition coefficient (Wildman–Crippen LogP) is 1.10. The molecule has 1 heterocycles. The highest BCUT2D eigenvalue weighted by Gasteiger charge is 2.01. The standard InChI is InChI=1S/C11H11N3O/c12-11(15)9-3-1-8(2-4-9)7-10-13-5-6-14-10/h1-6H,7H2,(H2,12,15)(H,13,14). The van der Waals surface area contributed by atoms with Gasteiger partial charge in [-0.2, -0.15) is 0 Å². The quantitative estimate of drug-likeness (QED) is 0.780. The Bertz CT molecular complexity index is 445. The second-order valence-electron chi connectivity index (χ2n) is 3.27. The highest BCUT2D eigenvalue weighted by Crippen LogP contribution is 2.07. The van der Waals surface area contributed by atoms with Crippen molar-refractivity contribution in [3.8, 4) is 0 Å². The average Bonchev–Trinajstić information content (AvgIpc) is 2.71. The normalized spacial score (nSPS) is 10.1. The first-order valence-corrected chi connectivity index (χ1v) is 4.63. The number of aromatic nitrogens is 2. The van der Waals surface area contributed by atoms with Crippen LogP contribution in [0.3, 0.4) is 0 Å². The Morgan fingerprint density at radius 3 is 2.60 bits per heavy atom. The largest absolute Gasteiger partial charge is 0.366 e. The van der Waals surface area contributed by atoms with Gasteiger partial charge in [-0.05, 0) is 17.7 Å². The summed E-state index contributed by atoms with van der Waals surface area (Å²) < 4.78 is 0.